The molecule has 1 saturated heterocycles. The molecule has 5 aromatic rings. The minimum Gasteiger partial charge on any atom is -0.355 e. The van der Waals surface area contributed by atoms with Gasteiger partial charge in [-0.2, -0.15) is 0 Å². The number of benzene rings is 3. The van der Waals surface area contributed by atoms with E-state index in [1.807, 2.05) is 53.1 Å². The molecule has 1 aliphatic heterocycles. The van der Waals surface area contributed by atoms with E-state index in [1.54, 1.807) is 24.5 Å². The Kier molecular flexibility index (Phi) is 7.71. The predicted octanol–water partition coefficient (Wildman–Crippen LogP) is 6.40. The number of imidazole rings is 1. The van der Waals surface area contributed by atoms with Gasteiger partial charge in [-0.15, -0.1) is 0 Å². The van der Waals surface area contributed by atoms with Crippen molar-refractivity contribution in [3.63, 3.8) is 0 Å². The molecule has 2 aromatic heterocycles. The molecule has 0 aliphatic carbocycles. The van der Waals surface area contributed by atoms with Crippen LogP contribution >= 0.6 is 23.2 Å². The lowest BCUT2D eigenvalue weighted by Crippen LogP contribution is -2.48. The van der Waals surface area contributed by atoms with Crippen LogP contribution in [-0.4, -0.2) is 44.7 Å². The van der Waals surface area contributed by atoms with Crippen LogP contribution in [0.4, 0.5) is 15.0 Å². The van der Waals surface area contributed by atoms with Crippen LogP contribution in [0.25, 0.3) is 28.2 Å². The number of aromatic nitrogens is 4. The molecular formula is C30H26Cl2FN7O. The van der Waals surface area contributed by atoms with E-state index in [0.29, 0.717) is 58.5 Å². The van der Waals surface area contributed by atoms with Crippen LogP contribution in [0.3, 0.4) is 0 Å². The van der Waals surface area contributed by atoms with Gasteiger partial charge in [0.2, 0.25) is 0 Å². The molecule has 3 aromatic carbocycles. The number of amides is 2. The van der Waals surface area contributed by atoms with Gasteiger partial charge in [0.05, 0.1) is 5.02 Å². The second-order valence-corrected chi connectivity index (χ2v) is 10.6. The van der Waals surface area contributed by atoms with Gasteiger partial charge in [-0.1, -0.05) is 53.5 Å². The van der Waals surface area contributed by atoms with Crippen molar-refractivity contribution in [2.24, 2.45) is 0 Å². The molecule has 1 aliphatic rings. The van der Waals surface area contributed by atoms with E-state index in [4.69, 9.17) is 28.2 Å². The van der Waals surface area contributed by atoms with Crippen molar-refractivity contribution < 1.29 is 9.18 Å². The van der Waals surface area contributed by atoms with Crippen molar-refractivity contribution >= 4 is 46.2 Å². The third kappa shape index (κ3) is 5.68. The lowest BCUT2D eigenvalue weighted by molar-refractivity contribution is 0.234. The molecule has 0 spiro atoms. The summed E-state index contributed by atoms with van der Waals surface area (Å²) in [5, 5.41) is 6.96. The first-order valence-corrected chi connectivity index (χ1v) is 14.0. The van der Waals surface area contributed by atoms with Gasteiger partial charge in [0.15, 0.2) is 17.0 Å². The minimum absolute atomic E-state index is 0.0190. The molecule has 0 bridgehead atoms. The molecule has 2 amide bonds. The highest BCUT2D eigenvalue weighted by Crippen LogP contribution is 2.35. The Labute approximate surface area is 246 Å². The van der Waals surface area contributed by atoms with Crippen LogP contribution in [0.2, 0.25) is 10.0 Å². The Balaban J connectivity index is 1.23. The number of nitrogens with one attached hydrogen (secondary N) is 2. The van der Waals surface area contributed by atoms with Crippen molar-refractivity contribution in [1.82, 2.24) is 30.2 Å². The van der Waals surface area contributed by atoms with E-state index < -0.39 is 0 Å². The van der Waals surface area contributed by atoms with Gasteiger partial charge in [0.1, 0.15) is 18.0 Å². The number of carbonyl (C=O) groups excluding carboxylic acids is 1. The van der Waals surface area contributed by atoms with E-state index in [-0.39, 0.29) is 24.4 Å². The average Bonchev–Trinajstić information content (AvgIpc) is 3.37. The quantitative estimate of drug-likeness (QED) is 0.239. The van der Waals surface area contributed by atoms with Gasteiger partial charge in [-0.05, 0) is 55.3 Å². The first kappa shape index (κ1) is 27.0. The summed E-state index contributed by atoms with van der Waals surface area (Å²) < 4.78 is 15.8. The molecule has 0 unspecified atom stereocenters. The van der Waals surface area contributed by atoms with Crippen LogP contribution in [0.5, 0.6) is 0 Å². The standard InChI is InChI=1S/C30H26Cl2FN7O/c31-20-9-11-22(12-10-20)40-27(23-6-2-3-7-24(23)32)38-26-28(35-18-36-29(26)40)39-15-13-21(14-16-39)37-30(41)34-17-19-5-1-4-8-25(19)33/h1-12,18,21H,13-17H2,(H2,34,37,41). The van der Waals surface area contributed by atoms with Crippen molar-refractivity contribution in [3.05, 3.63) is 101 Å². The first-order chi connectivity index (χ1) is 20.0. The van der Waals surface area contributed by atoms with Gasteiger partial charge in [-0.3, -0.25) is 4.57 Å². The van der Waals surface area contributed by atoms with Crippen molar-refractivity contribution in [1.29, 1.82) is 0 Å². The highest BCUT2D eigenvalue weighted by molar-refractivity contribution is 6.33. The number of urea groups is 1. The monoisotopic (exact) mass is 589 g/mol. The highest BCUT2D eigenvalue weighted by Gasteiger charge is 2.26. The maximum Gasteiger partial charge on any atom is 0.315 e. The van der Waals surface area contributed by atoms with Crippen LogP contribution < -0.4 is 15.5 Å². The van der Waals surface area contributed by atoms with Crippen LogP contribution in [-0.2, 0) is 6.54 Å². The number of rotatable bonds is 6. The second kappa shape index (κ2) is 11.7. The van der Waals surface area contributed by atoms with Gasteiger partial charge in [0.25, 0.3) is 0 Å². The van der Waals surface area contributed by atoms with Gasteiger partial charge >= 0.3 is 6.03 Å². The van der Waals surface area contributed by atoms with E-state index in [0.717, 1.165) is 17.1 Å². The van der Waals surface area contributed by atoms with Crippen molar-refractivity contribution in [2.75, 3.05) is 18.0 Å². The molecule has 41 heavy (non-hydrogen) atoms. The second-order valence-electron chi connectivity index (χ2n) is 9.78. The van der Waals surface area contributed by atoms with Gasteiger partial charge in [-0.25, -0.2) is 24.1 Å². The fourth-order valence-corrected chi connectivity index (χ4v) is 5.41. The predicted molar refractivity (Wildman–Crippen MR) is 159 cm³/mol. The summed E-state index contributed by atoms with van der Waals surface area (Å²) in [5.41, 5.74) is 3.38. The third-order valence-corrected chi connectivity index (χ3v) is 7.73. The molecule has 2 N–H and O–H groups in total. The third-order valence-electron chi connectivity index (χ3n) is 7.15. The molecular weight excluding hydrogens is 564 g/mol. The molecule has 0 atom stereocenters. The largest absolute Gasteiger partial charge is 0.355 e. The number of fused-ring (bicyclic) bond motifs is 1. The maximum absolute atomic E-state index is 13.9. The van der Waals surface area contributed by atoms with Crippen LogP contribution in [0.1, 0.15) is 18.4 Å². The Morgan fingerprint density at radius 3 is 2.44 bits per heavy atom. The highest BCUT2D eigenvalue weighted by atomic mass is 35.5. The zero-order valence-electron chi connectivity index (χ0n) is 21.9. The maximum atomic E-state index is 13.9. The number of hydrogen-bond acceptors (Lipinski definition) is 5. The zero-order chi connectivity index (χ0) is 28.3. The number of nitrogens with zero attached hydrogens (tertiary/aromatic N) is 5. The Hall–Kier alpha value is -4.21. The Morgan fingerprint density at radius 1 is 0.951 bits per heavy atom. The SMILES string of the molecule is O=C(NCc1ccccc1F)NC1CCN(c2ncnc3c2nc(-c2ccccc2Cl)n3-c2ccc(Cl)cc2)CC1. The number of piperidine rings is 1. The topological polar surface area (TPSA) is 88.0 Å². The van der Waals surface area contributed by atoms with Crippen molar-refractivity contribution in [2.45, 2.75) is 25.4 Å². The van der Waals surface area contributed by atoms with E-state index >= 15 is 0 Å². The molecule has 6 rings (SSSR count). The summed E-state index contributed by atoms with van der Waals surface area (Å²) in [4.78, 5) is 28.9. The Bertz CT molecular complexity index is 1700. The summed E-state index contributed by atoms with van der Waals surface area (Å²) in [6, 6.07) is 21.1. The number of carbonyl (C=O) groups is 1. The van der Waals surface area contributed by atoms with Crippen molar-refractivity contribution in [3.8, 4) is 17.1 Å². The molecule has 0 saturated carbocycles. The molecule has 208 valence electrons. The normalized spacial score (nSPS) is 13.9. The molecule has 3 heterocycles. The number of halogens is 3. The van der Waals surface area contributed by atoms with E-state index in [9.17, 15) is 9.18 Å². The van der Waals surface area contributed by atoms with Crippen LogP contribution in [0.15, 0.2) is 79.1 Å². The van der Waals surface area contributed by atoms with Crippen LogP contribution in [0, 0.1) is 5.82 Å². The minimum atomic E-state index is -0.339. The lowest BCUT2D eigenvalue weighted by Gasteiger charge is -2.33. The van der Waals surface area contributed by atoms with Gasteiger partial charge < -0.3 is 15.5 Å². The zero-order valence-corrected chi connectivity index (χ0v) is 23.4. The average molecular weight is 590 g/mol. The Morgan fingerprint density at radius 2 is 1.68 bits per heavy atom. The smallest absolute Gasteiger partial charge is 0.315 e. The number of anilines is 1. The van der Waals surface area contributed by atoms with Gasteiger partial charge in [0, 0.05) is 47.5 Å². The van der Waals surface area contributed by atoms with E-state index in [1.165, 1.54) is 6.07 Å². The first-order valence-electron chi connectivity index (χ1n) is 13.2. The summed E-state index contributed by atoms with van der Waals surface area (Å²) >= 11 is 12.8. The fourth-order valence-electron chi connectivity index (χ4n) is 5.06. The summed E-state index contributed by atoms with van der Waals surface area (Å²) in [7, 11) is 0. The molecule has 8 nitrogen and oxygen atoms in total. The van der Waals surface area contributed by atoms with E-state index in [2.05, 4.69) is 25.5 Å². The molecule has 11 heteroatoms. The lowest BCUT2D eigenvalue weighted by atomic mass is 10.1. The number of hydrogen-bond donors (Lipinski definition) is 2. The summed E-state index contributed by atoms with van der Waals surface area (Å²) in [5.74, 6) is 1.03. The summed E-state index contributed by atoms with van der Waals surface area (Å²) in [6.45, 7) is 1.46. The fraction of sp³-hybridized carbons (Fsp3) is 0.200. The summed E-state index contributed by atoms with van der Waals surface area (Å²) in [6.07, 6.45) is 2.98. The molecule has 1 fully saturated rings. The molecule has 0 radical (unpaired) electrons.